The number of pyridine rings is 1. The Bertz CT molecular complexity index is 536. The molecule has 82 valence electrons. The van der Waals surface area contributed by atoms with Gasteiger partial charge in [0.25, 0.3) is 0 Å². The summed E-state index contributed by atoms with van der Waals surface area (Å²) >= 11 is 0. The quantitative estimate of drug-likeness (QED) is 0.652. The summed E-state index contributed by atoms with van der Waals surface area (Å²) in [6.45, 7) is 5.56. The maximum Gasteiger partial charge on any atom is 0.142 e. The Hall–Kier alpha value is -1.44. The summed E-state index contributed by atoms with van der Waals surface area (Å²) in [4.78, 5) is 4.21. The first kappa shape index (κ1) is 9.76. The molecule has 1 aromatic heterocycles. The second-order valence-corrected chi connectivity index (χ2v) is 5.22. The van der Waals surface area contributed by atoms with Gasteiger partial charge in [-0.1, -0.05) is 32.0 Å². The van der Waals surface area contributed by atoms with E-state index >= 15 is 0 Å². The topological polar surface area (TPSA) is 12.9 Å². The molecular weight excluding hydrogens is 201 g/mol. The zero-order valence-corrected chi connectivity index (χ0v) is 9.71. The van der Waals surface area contributed by atoms with Gasteiger partial charge < -0.3 is 0 Å². The Kier molecular flexibility index (Phi) is 1.60. The molecule has 1 aliphatic rings. The minimum Gasteiger partial charge on any atom is -0.264 e. The lowest BCUT2D eigenvalue weighted by atomic mass is 9.76. The van der Waals surface area contributed by atoms with E-state index in [-0.39, 0.29) is 0 Å². The van der Waals surface area contributed by atoms with Crippen LogP contribution in [0.15, 0.2) is 30.6 Å². The van der Waals surface area contributed by atoms with E-state index in [0.717, 1.165) is 21.9 Å². The van der Waals surface area contributed by atoms with Crippen LogP contribution in [-0.4, -0.2) is 4.98 Å². The van der Waals surface area contributed by atoms with Crippen molar-refractivity contribution >= 4 is 10.8 Å². The fraction of sp³-hybridized carbons (Fsp3) is 0.357. The van der Waals surface area contributed by atoms with Crippen LogP contribution < -0.4 is 0 Å². The van der Waals surface area contributed by atoms with Crippen LogP contribution in [0, 0.1) is 0 Å². The van der Waals surface area contributed by atoms with Gasteiger partial charge in [-0.2, -0.15) is 0 Å². The smallest absolute Gasteiger partial charge is 0.142 e. The van der Waals surface area contributed by atoms with Gasteiger partial charge >= 0.3 is 0 Å². The monoisotopic (exact) mass is 215 g/mol. The van der Waals surface area contributed by atoms with Crippen molar-refractivity contribution in [3.8, 4) is 0 Å². The molecule has 1 nitrogen and oxygen atoms in total. The van der Waals surface area contributed by atoms with Crippen LogP contribution >= 0.6 is 0 Å². The van der Waals surface area contributed by atoms with Crippen LogP contribution in [0.5, 0.6) is 0 Å². The number of halogens is 1. The predicted molar refractivity (Wildman–Crippen MR) is 63.2 cm³/mol. The van der Waals surface area contributed by atoms with Crippen molar-refractivity contribution in [1.29, 1.82) is 0 Å². The van der Waals surface area contributed by atoms with Crippen molar-refractivity contribution in [3.05, 3.63) is 41.7 Å². The summed E-state index contributed by atoms with van der Waals surface area (Å²) in [5.74, 6) is 0. The largest absolute Gasteiger partial charge is 0.264 e. The Labute approximate surface area is 94.3 Å². The number of alkyl halides is 1. The van der Waals surface area contributed by atoms with Crippen molar-refractivity contribution in [2.24, 2.45) is 0 Å². The van der Waals surface area contributed by atoms with Crippen LogP contribution in [-0.2, 0) is 11.1 Å². The highest BCUT2D eigenvalue weighted by Gasteiger charge is 2.51. The van der Waals surface area contributed by atoms with E-state index in [4.69, 9.17) is 0 Å². The Morgan fingerprint density at radius 2 is 1.81 bits per heavy atom. The molecular formula is C14H14FN. The highest BCUT2D eigenvalue weighted by molar-refractivity contribution is 5.92. The molecule has 2 heteroatoms. The third-order valence-electron chi connectivity index (χ3n) is 4.14. The fourth-order valence-electron chi connectivity index (χ4n) is 2.69. The summed E-state index contributed by atoms with van der Waals surface area (Å²) in [5, 5.41) is 2.08. The van der Waals surface area contributed by atoms with Gasteiger partial charge in [-0.05, 0) is 23.4 Å². The normalized spacial score (nSPS) is 26.2. The molecule has 0 aliphatic heterocycles. The lowest BCUT2D eigenvalue weighted by Gasteiger charge is -2.32. The molecule has 2 aromatic rings. The highest BCUT2D eigenvalue weighted by Crippen LogP contribution is 2.54. The Balaban J connectivity index is 2.54. The number of hydrogen-bond acceptors (Lipinski definition) is 1. The first-order chi connectivity index (χ1) is 7.46. The molecule has 0 fully saturated rings. The SMILES string of the molecule is CC1(C)c2cncc3cccc(c23)C1(C)F. The van der Waals surface area contributed by atoms with E-state index < -0.39 is 11.1 Å². The molecule has 0 amide bonds. The zero-order valence-electron chi connectivity index (χ0n) is 9.71. The minimum atomic E-state index is -1.32. The van der Waals surface area contributed by atoms with Gasteiger partial charge in [0.2, 0.25) is 0 Å². The molecule has 1 aromatic carbocycles. The number of benzene rings is 1. The lowest BCUT2D eigenvalue weighted by Crippen LogP contribution is -2.34. The molecule has 1 heterocycles. The van der Waals surface area contributed by atoms with Crippen molar-refractivity contribution < 1.29 is 4.39 Å². The number of aromatic nitrogens is 1. The number of rotatable bonds is 0. The van der Waals surface area contributed by atoms with Gasteiger partial charge in [0.15, 0.2) is 0 Å². The van der Waals surface area contributed by atoms with Gasteiger partial charge in [0.1, 0.15) is 5.67 Å². The minimum absolute atomic E-state index is 0.511. The Morgan fingerprint density at radius 3 is 2.56 bits per heavy atom. The molecule has 16 heavy (non-hydrogen) atoms. The summed E-state index contributed by atoms with van der Waals surface area (Å²) in [6.07, 6.45) is 3.61. The van der Waals surface area contributed by atoms with E-state index in [1.807, 2.05) is 32.0 Å². The van der Waals surface area contributed by atoms with Crippen LogP contribution in [0.1, 0.15) is 31.9 Å². The van der Waals surface area contributed by atoms with E-state index in [1.165, 1.54) is 0 Å². The standard InChI is InChI=1S/C14H14FN/c1-13(2)11-8-16-7-9-5-4-6-10(12(9)11)14(13,3)15/h4-8H,1-3H3. The summed E-state index contributed by atoms with van der Waals surface area (Å²) in [6, 6.07) is 5.79. The molecule has 3 rings (SSSR count). The highest BCUT2D eigenvalue weighted by atomic mass is 19.1. The van der Waals surface area contributed by atoms with Gasteiger partial charge in [0.05, 0.1) is 0 Å². The number of nitrogens with zero attached hydrogens (tertiary/aromatic N) is 1. The molecule has 0 saturated carbocycles. The maximum atomic E-state index is 14.9. The predicted octanol–water partition coefficient (Wildman–Crippen LogP) is 3.71. The van der Waals surface area contributed by atoms with Crippen molar-refractivity contribution in [2.75, 3.05) is 0 Å². The molecule has 1 aliphatic carbocycles. The van der Waals surface area contributed by atoms with Gasteiger partial charge in [0, 0.05) is 23.2 Å². The molecule has 1 unspecified atom stereocenters. The molecule has 0 spiro atoms. The van der Waals surface area contributed by atoms with Gasteiger partial charge in [-0.15, -0.1) is 0 Å². The fourth-order valence-corrected chi connectivity index (χ4v) is 2.69. The van der Waals surface area contributed by atoms with Crippen molar-refractivity contribution in [3.63, 3.8) is 0 Å². The van der Waals surface area contributed by atoms with Crippen molar-refractivity contribution in [1.82, 2.24) is 4.98 Å². The molecule has 0 saturated heterocycles. The Morgan fingerprint density at radius 1 is 1.06 bits per heavy atom. The van der Waals surface area contributed by atoms with Crippen LogP contribution in [0.25, 0.3) is 10.8 Å². The molecule has 0 N–H and O–H groups in total. The second kappa shape index (κ2) is 2.62. The first-order valence-electron chi connectivity index (χ1n) is 5.53. The van der Waals surface area contributed by atoms with E-state index in [9.17, 15) is 4.39 Å². The van der Waals surface area contributed by atoms with E-state index in [0.29, 0.717) is 0 Å². The average molecular weight is 215 g/mol. The van der Waals surface area contributed by atoms with Crippen LogP contribution in [0.3, 0.4) is 0 Å². The van der Waals surface area contributed by atoms with Crippen LogP contribution in [0.4, 0.5) is 4.39 Å². The maximum absolute atomic E-state index is 14.9. The van der Waals surface area contributed by atoms with E-state index in [2.05, 4.69) is 4.98 Å². The lowest BCUT2D eigenvalue weighted by molar-refractivity contribution is 0.101. The van der Waals surface area contributed by atoms with Crippen molar-refractivity contribution in [2.45, 2.75) is 31.9 Å². The third kappa shape index (κ3) is 0.885. The first-order valence-corrected chi connectivity index (χ1v) is 5.53. The second-order valence-electron chi connectivity index (χ2n) is 5.22. The van der Waals surface area contributed by atoms with E-state index in [1.54, 1.807) is 19.3 Å². The molecule has 0 radical (unpaired) electrons. The molecule has 1 atom stereocenters. The zero-order chi connectivity index (χ0) is 11.6. The summed E-state index contributed by atoms with van der Waals surface area (Å²) in [7, 11) is 0. The summed E-state index contributed by atoms with van der Waals surface area (Å²) < 4.78 is 14.9. The molecule has 0 bridgehead atoms. The number of hydrogen-bond donors (Lipinski definition) is 0. The summed E-state index contributed by atoms with van der Waals surface area (Å²) in [5.41, 5.74) is -0.0147. The third-order valence-corrected chi connectivity index (χ3v) is 4.14. The van der Waals surface area contributed by atoms with Crippen LogP contribution in [0.2, 0.25) is 0 Å². The average Bonchev–Trinajstić information content (AvgIpc) is 2.40. The van der Waals surface area contributed by atoms with Gasteiger partial charge in [-0.25, -0.2) is 4.39 Å². The van der Waals surface area contributed by atoms with Gasteiger partial charge in [-0.3, -0.25) is 4.98 Å².